The number of amides is 2. The highest BCUT2D eigenvalue weighted by Crippen LogP contribution is 2.22. The zero-order valence-corrected chi connectivity index (χ0v) is 19.2. The van der Waals surface area contributed by atoms with Crippen molar-refractivity contribution in [1.29, 1.82) is 0 Å². The van der Waals surface area contributed by atoms with Crippen molar-refractivity contribution in [2.24, 2.45) is 0 Å². The fourth-order valence-electron chi connectivity index (χ4n) is 3.31. The fourth-order valence-corrected chi connectivity index (χ4v) is 4.15. The molecule has 0 spiro atoms. The summed E-state index contributed by atoms with van der Waals surface area (Å²) in [7, 11) is -2.57. The summed E-state index contributed by atoms with van der Waals surface area (Å²) in [5, 5.41) is 2.52. The van der Waals surface area contributed by atoms with E-state index in [1.54, 1.807) is 13.0 Å². The highest BCUT2D eigenvalue weighted by atomic mass is 32.2. The van der Waals surface area contributed by atoms with Gasteiger partial charge in [0.15, 0.2) is 11.6 Å². The van der Waals surface area contributed by atoms with Gasteiger partial charge in [0.1, 0.15) is 12.6 Å². The SMILES string of the molecule is CCC(C(=O)NC)N(Cc1ccccc1C)C(=O)CN(c1ccc(F)c(F)c1)S(C)(=O)=O. The normalized spacial score (nSPS) is 12.2. The molecule has 1 atom stereocenters. The predicted molar refractivity (Wildman–Crippen MR) is 118 cm³/mol. The first-order valence-corrected chi connectivity index (χ1v) is 11.8. The van der Waals surface area contributed by atoms with Gasteiger partial charge < -0.3 is 10.2 Å². The number of likely N-dealkylation sites (N-methyl/N-ethyl adjacent to an activating group) is 1. The van der Waals surface area contributed by atoms with Gasteiger partial charge in [0, 0.05) is 19.7 Å². The monoisotopic (exact) mass is 467 g/mol. The van der Waals surface area contributed by atoms with Gasteiger partial charge >= 0.3 is 0 Å². The van der Waals surface area contributed by atoms with Gasteiger partial charge in [-0.2, -0.15) is 0 Å². The molecule has 0 bridgehead atoms. The highest BCUT2D eigenvalue weighted by molar-refractivity contribution is 7.92. The number of benzene rings is 2. The molecule has 0 aliphatic rings. The van der Waals surface area contributed by atoms with E-state index in [9.17, 15) is 26.8 Å². The van der Waals surface area contributed by atoms with Gasteiger partial charge in [-0.1, -0.05) is 31.2 Å². The third-order valence-corrected chi connectivity index (χ3v) is 6.25. The van der Waals surface area contributed by atoms with Crippen LogP contribution in [0.25, 0.3) is 0 Å². The zero-order valence-electron chi connectivity index (χ0n) is 18.4. The number of sulfonamides is 1. The standard InChI is InChI=1S/C22H27F2N3O4S/c1-5-20(22(29)25-3)26(13-16-9-7-6-8-15(16)2)21(28)14-27(32(4,30)31)17-10-11-18(23)19(24)12-17/h6-12,20H,5,13-14H2,1-4H3,(H,25,29). The molecule has 0 radical (unpaired) electrons. The highest BCUT2D eigenvalue weighted by Gasteiger charge is 2.31. The van der Waals surface area contributed by atoms with E-state index in [1.807, 2.05) is 25.1 Å². The molecule has 2 rings (SSSR count). The van der Waals surface area contributed by atoms with Crippen LogP contribution in [0.4, 0.5) is 14.5 Å². The second kappa shape index (κ2) is 10.5. The molecule has 2 amide bonds. The number of carbonyl (C=O) groups is 2. The minimum absolute atomic E-state index is 0.0762. The van der Waals surface area contributed by atoms with E-state index in [0.717, 1.165) is 29.5 Å². The minimum atomic E-state index is -4.02. The van der Waals surface area contributed by atoms with Crippen LogP contribution in [0.15, 0.2) is 42.5 Å². The van der Waals surface area contributed by atoms with E-state index < -0.39 is 46.1 Å². The molecule has 0 aliphatic heterocycles. The van der Waals surface area contributed by atoms with Crippen molar-refractivity contribution in [3.05, 3.63) is 65.2 Å². The number of nitrogens with zero attached hydrogens (tertiary/aromatic N) is 2. The first-order chi connectivity index (χ1) is 15.0. The Bertz CT molecular complexity index is 1090. The van der Waals surface area contributed by atoms with Crippen LogP contribution in [0, 0.1) is 18.6 Å². The lowest BCUT2D eigenvalue weighted by molar-refractivity contribution is -0.140. The number of aryl methyl sites for hydroxylation is 1. The van der Waals surface area contributed by atoms with Crippen LogP contribution in [0.1, 0.15) is 24.5 Å². The van der Waals surface area contributed by atoms with Gasteiger partial charge in [0.2, 0.25) is 21.8 Å². The Morgan fingerprint density at radius 3 is 2.28 bits per heavy atom. The molecule has 10 heteroatoms. The lowest BCUT2D eigenvalue weighted by atomic mass is 10.1. The number of anilines is 1. The number of nitrogens with one attached hydrogen (secondary N) is 1. The molecular weight excluding hydrogens is 440 g/mol. The summed E-state index contributed by atoms with van der Waals surface area (Å²) in [6.45, 7) is 3.00. The summed E-state index contributed by atoms with van der Waals surface area (Å²) >= 11 is 0. The Morgan fingerprint density at radius 2 is 1.75 bits per heavy atom. The van der Waals surface area contributed by atoms with Gasteiger partial charge in [0.25, 0.3) is 0 Å². The molecule has 1 N–H and O–H groups in total. The molecule has 0 saturated carbocycles. The molecule has 0 aliphatic carbocycles. The summed E-state index contributed by atoms with van der Waals surface area (Å²) < 4.78 is 52.6. The summed E-state index contributed by atoms with van der Waals surface area (Å²) in [4.78, 5) is 27.1. The second-order valence-corrected chi connectivity index (χ2v) is 9.26. The second-order valence-electron chi connectivity index (χ2n) is 7.35. The van der Waals surface area contributed by atoms with Crippen LogP contribution < -0.4 is 9.62 Å². The first-order valence-electron chi connectivity index (χ1n) is 9.97. The van der Waals surface area contributed by atoms with Gasteiger partial charge in [-0.15, -0.1) is 0 Å². The van der Waals surface area contributed by atoms with Crippen LogP contribution >= 0.6 is 0 Å². The maximum absolute atomic E-state index is 13.7. The van der Waals surface area contributed by atoms with Crippen molar-refractivity contribution in [2.75, 3.05) is 24.2 Å². The van der Waals surface area contributed by atoms with E-state index in [-0.39, 0.29) is 12.2 Å². The number of carbonyl (C=O) groups excluding carboxylic acids is 2. The van der Waals surface area contributed by atoms with E-state index in [2.05, 4.69) is 5.32 Å². The Labute approximate surface area is 187 Å². The maximum Gasteiger partial charge on any atom is 0.244 e. The molecular formula is C22H27F2N3O4S. The third kappa shape index (κ3) is 6.03. The Balaban J connectivity index is 2.46. The van der Waals surface area contributed by atoms with Crippen LogP contribution in [0.5, 0.6) is 0 Å². The van der Waals surface area contributed by atoms with Crippen molar-refractivity contribution in [2.45, 2.75) is 32.9 Å². The van der Waals surface area contributed by atoms with E-state index in [1.165, 1.54) is 11.9 Å². The lowest BCUT2D eigenvalue weighted by Crippen LogP contribution is -2.51. The fraction of sp³-hybridized carbons (Fsp3) is 0.364. The molecule has 2 aromatic rings. The molecule has 0 heterocycles. The minimum Gasteiger partial charge on any atom is -0.357 e. The van der Waals surface area contributed by atoms with Crippen molar-refractivity contribution >= 4 is 27.5 Å². The average Bonchev–Trinajstić information content (AvgIpc) is 2.74. The van der Waals surface area contributed by atoms with Gasteiger partial charge in [-0.25, -0.2) is 17.2 Å². The van der Waals surface area contributed by atoms with Gasteiger partial charge in [-0.05, 0) is 36.6 Å². The number of halogens is 2. The zero-order chi connectivity index (χ0) is 24.1. The molecule has 7 nitrogen and oxygen atoms in total. The average molecular weight is 468 g/mol. The molecule has 1 unspecified atom stereocenters. The largest absolute Gasteiger partial charge is 0.357 e. The summed E-state index contributed by atoms with van der Waals surface area (Å²) in [6.07, 6.45) is 1.16. The quantitative estimate of drug-likeness (QED) is 0.614. The van der Waals surface area contributed by atoms with Crippen molar-refractivity contribution < 1.29 is 26.8 Å². The lowest BCUT2D eigenvalue weighted by Gasteiger charge is -2.33. The first kappa shape index (κ1) is 25.3. The molecule has 174 valence electrons. The van der Waals surface area contributed by atoms with Crippen LogP contribution in [-0.4, -0.2) is 51.0 Å². The summed E-state index contributed by atoms with van der Waals surface area (Å²) in [6, 6.07) is 9.06. The third-order valence-electron chi connectivity index (χ3n) is 5.10. The number of hydrogen-bond donors (Lipinski definition) is 1. The maximum atomic E-state index is 13.7. The van der Waals surface area contributed by atoms with Crippen LogP contribution in [-0.2, 0) is 26.2 Å². The molecule has 0 saturated heterocycles. The van der Waals surface area contributed by atoms with E-state index >= 15 is 0 Å². The Kier molecular flexibility index (Phi) is 8.31. The van der Waals surface area contributed by atoms with Gasteiger partial charge in [-0.3, -0.25) is 13.9 Å². The van der Waals surface area contributed by atoms with Crippen molar-refractivity contribution in [1.82, 2.24) is 10.2 Å². The van der Waals surface area contributed by atoms with Gasteiger partial charge in [0.05, 0.1) is 11.9 Å². The van der Waals surface area contributed by atoms with Crippen LogP contribution in [0.2, 0.25) is 0 Å². The Hall–Kier alpha value is -3.01. The topological polar surface area (TPSA) is 86.8 Å². The summed E-state index contributed by atoms with van der Waals surface area (Å²) in [5.74, 6) is -3.43. The summed E-state index contributed by atoms with van der Waals surface area (Å²) in [5.41, 5.74) is 1.50. The molecule has 2 aromatic carbocycles. The van der Waals surface area contributed by atoms with E-state index in [0.29, 0.717) is 16.8 Å². The van der Waals surface area contributed by atoms with Crippen molar-refractivity contribution in [3.63, 3.8) is 0 Å². The molecule has 32 heavy (non-hydrogen) atoms. The number of rotatable bonds is 9. The molecule has 0 aromatic heterocycles. The van der Waals surface area contributed by atoms with Crippen molar-refractivity contribution in [3.8, 4) is 0 Å². The molecule has 0 fully saturated rings. The smallest absolute Gasteiger partial charge is 0.244 e. The Morgan fingerprint density at radius 1 is 1.09 bits per heavy atom. The van der Waals surface area contributed by atoms with E-state index in [4.69, 9.17) is 0 Å². The van der Waals surface area contributed by atoms with Crippen LogP contribution in [0.3, 0.4) is 0 Å². The predicted octanol–water partition coefficient (Wildman–Crippen LogP) is 2.59. The number of hydrogen-bond acceptors (Lipinski definition) is 4.